The summed E-state index contributed by atoms with van der Waals surface area (Å²) in [6.07, 6.45) is 3.13. The lowest BCUT2D eigenvalue weighted by molar-refractivity contribution is 0.0599. The van der Waals surface area contributed by atoms with Crippen molar-refractivity contribution in [3.63, 3.8) is 0 Å². The van der Waals surface area contributed by atoms with Crippen LogP contribution < -0.4 is 11.3 Å². The molecule has 0 unspecified atom stereocenters. The fourth-order valence-electron chi connectivity index (χ4n) is 4.02. The lowest BCUT2D eigenvalue weighted by atomic mass is 9.90. The van der Waals surface area contributed by atoms with Crippen molar-refractivity contribution >= 4 is 16.7 Å². The minimum Gasteiger partial charge on any atom is -0.330 e. The topological polar surface area (TPSA) is 92.1 Å². The van der Waals surface area contributed by atoms with Crippen molar-refractivity contribution in [1.29, 1.82) is 0 Å². The second-order valence-corrected chi connectivity index (χ2v) is 7.53. The van der Waals surface area contributed by atoms with Crippen LogP contribution in [0.5, 0.6) is 0 Å². The van der Waals surface area contributed by atoms with Crippen molar-refractivity contribution in [3.8, 4) is 0 Å². The number of hydrogen-bond donors (Lipinski definition) is 2. The molecular formula is C22H23FN4O2. The first-order valence-electron chi connectivity index (χ1n) is 9.82. The fraction of sp³-hybridized carbons (Fsp3) is 0.318. The molecule has 1 amide bonds. The molecule has 3 N–H and O–H groups in total. The van der Waals surface area contributed by atoms with Gasteiger partial charge in [-0.15, -0.1) is 0 Å². The van der Waals surface area contributed by atoms with Crippen molar-refractivity contribution in [3.05, 3.63) is 76.0 Å². The number of aromatic amines is 1. The zero-order valence-electron chi connectivity index (χ0n) is 16.0. The highest BCUT2D eigenvalue weighted by molar-refractivity contribution is 5.95. The largest absolute Gasteiger partial charge is 0.330 e. The Bertz CT molecular complexity index is 1090. The summed E-state index contributed by atoms with van der Waals surface area (Å²) in [6.45, 7) is 0.185. The minimum atomic E-state index is -0.547. The molecule has 1 heterocycles. The molecule has 7 heteroatoms. The molecule has 6 nitrogen and oxygen atoms in total. The van der Waals surface area contributed by atoms with Gasteiger partial charge in [-0.2, -0.15) is 5.10 Å². The highest BCUT2D eigenvalue weighted by atomic mass is 19.1. The van der Waals surface area contributed by atoms with Crippen LogP contribution in [0.25, 0.3) is 10.8 Å². The molecule has 0 radical (unpaired) electrons. The smallest absolute Gasteiger partial charge is 0.272 e. The summed E-state index contributed by atoms with van der Waals surface area (Å²) in [5.74, 6) is -0.921. The Morgan fingerprint density at radius 1 is 1.07 bits per heavy atom. The summed E-state index contributed by atoms with van der Waals surface area (Å²) in [7, 11) is 0. The zero-order valence-corrected chi connectivity index (χ0v) is 16.0. The number of aromatic nitrogens is 2. The number of carbonyl (C=O) groups is 1. The number of nitrogens with two attached hydrogens (primary N) is 1. The van der Waals surface area contributed by atoms with Gasteiger partial charge < -0.3 is 10.6 Å². The lowest BCUT2D eigenvalue weighted by Gasteiger charge is -2.36. The number of hydrogen-bond acceptors (Lipinski definition) is 4. The standard InChI is InChI=1S/C22H23FN4O2/c23-19-8-4-3-7-18(19)22(29)27(15-11-9-14(24)10-12-15)13-20-16-5-1-2-6-17(16)21(28)26-25-20/h1-8,14-15H,9-13,24H2,(H,26,28). The Balaban J connectivity index is 1.73. The van der Waals surface area contributed by atoms with Crippen LogP contribution in [0.2, 0.25) is 0 Å². The third kappa shape index (κ3) is 3.91. The van der Waals surface area contributed by atoms with E-state index in [0.717, 1.165) is 25.7 Å². The van der Waals surface area contributed by atoms with Crippen molar-refractivity contribution < 1.29 is 9.18 Å². The second-order valence-electron chi connectivity index (χ2n) is 7.53. The molecule has 1 aliphatic rings. The molecule has 150 valence electrons. The Morgan fingerprint density at radius 3 is 2.45 bits per heavy atom. The quantitative estimate of drug-likeness (QED) is 0.712. The van der Waals surface area contributed by atoms with Crippen LogP contribution in [0.3, 0.4) is 0 Å². The molecule has 4 rings (SSSR count). The number of carbonyl (C=O) groups excluding carboxylic acids is 1. The molecule has 0 bridgehead atoms. The second kappa shape index (κ2) is 8.13. The van der Waals surface area contributed by atoms with Crippen LogP contribution in [0.1, 0.15) is 41.7 Å². The number of halogens is 1. The van der Waals surface area contributed by atoms with E-state index in [-0.39, 0.29) is 35.7 Å². The Morgan fingerprint density at radius 2 is 1.72 bits per heavy atom. The number of nitrogens with one attached hydrogen (secondary N) is 1. The van der Waals surface area contributed by atoms with Gasteiger partial charge in [0.2, 0.25) is 0 Å². The molecule has 0 saturated heterocycles. The van der Waals surface area contributed by atoms with Gasteiger partial charge in [0, 0.05) is 17.5 Å². The van der Waals surface area contributed by atoms with E-state index in [1.54, 1.807) is 29.2 Å². The minimum absolute atomic E-state index is 0.0381. The summed E-state index contributed by atoms with van der Waals surface area (Å²) in [5.41, 5.74) is 6.38. The summed E-state index contributed by atoms with van der Waals surface area (Å²) in [4.78, 5) is 27.1. The van der Waals surface area contributed by atoms with Gasteiger partial charge in [-0.3, -0.25) is 9.59 Å². The highest BCUT2D eigenvalue weighted by Crippen LogP contribution is 2.27. The monoisotopic (exact) mass is 394 g/mol. The number of amides is 1. The molecule has 0 aliphatic heterocycles. The first kappa shape index (κ1) is 19.3. The van der Waals surface area contributed by atoms with E-state index in [1.165, 1.54) is 12.1 Å². The molecule has 0 atom stereocenters. The summed E-state index contributed by atoms with van der Waals surface area (Å²) in [5, 5.41) is 7.92. The van der Waals surface area contributed by atoms with E-state index in [2.05, 4.69) is 10.2 Å². The van der Waals surface area contributed by atoms with Crippen molar-refractivity contribution in [2.75, 3.05) is 0 Å². The van der Waals surface area contributed by atoms with Gasteiger partial charge in [0.15, 0.2) is 0 Å². The normalized spacial score (nSPS) is 19.2. The van der Waals surface area contributed by atoms with E-state index in [4.69, 9.17) is 5.73 Å². The van der Waals surface area contributed by atoms with Gasteiger partial charge in [0.25, 0.3) is 11.5 Å². The molecule has 1 fully saturated rings. The Hall–Kier alpha value is -3.06. The van der Waals surface area contributed by atoms with Crippen molar-refractivity contribution in [1.82, 2.24) is 15.1 Å². The van der Waals surface area contributed by atoms with Gasteiger partial charge in [0.1, 0.15) is 5.82 Å². The maximum Gasteiger partial charge on any atom is 0.272 e. The Kier molecular flexibility index (Phi) is 5.40. The van der Waals surface area contributed by atoms with E-state index in [9.17, 15) is 14.0 Å². The molecule has 1 aliphatic carbocycles. The van der Waals surface area contributed by atoms with Gasteiger partial charge in [-0.05, 0) is 43.9 Å². The first-order valence-corrected chi connectivity index (χ1v) is 9.82. The van der Waals surface area contributed by atoms with Gasteiger partial charge in [0.05, 0.1) is 23.2 Å². The molecule has 29 heavy (non-hydrogen) atoms. The van der Waals surface area contributed by atoms with E-state index in [0.29, 0.717) is 16.5 Å². The summed E-state index contributed by atoms with van der Waals surface area (Å²) in [6, 6.07) is 13.2. The average Bonchev–Trinajstić information content (AvgIpc) is 2.74. The van der Waals surface area contributed by atoms with Crippen LogP contribution in [0, 0.1) is 5.82 Å². The van der Waals surface area contributed by atoms with Crippen molar-refractivity contribution in [2.24, 2.45) is 5.73 Å². The fourth-order valence-corrected chi connectivity index (χ4v) is 4.02. The van der Waals surface area contributed by atoms with Crippen LogP contribution in [0.15, 0.2) is 53.3 Å². The van der Waals surface area contributed by atoms with Crippen LogP contribution >= 0.6 is 0 Å². The Labute approximate surface area is 167 Å². The molecule has 3 aromatic rings. The van der Waals surface area contributed by atoms with Gasteiger partial charge in [-0.25, -0.2) is 9.49 Å². The number of fused-ring (bicyclic) bond motifs is 1. The first-order chi connectivity index (χ1) is 14.0. The van der Waals surface area contributed by atoms with Crippen LogP contribution in [-0.4, -0.2) is 33.1 Å². The predicted octanol–water partition coefficient (Wildman–Crippen LogP) is 2.97. The summed E-state index contributed by atoms with van der Waals surface area (Å²) < 4.78 is 14.3. The van der Waals surface area contributed by atoms with Crippen molar-refractivity contribution in [2.45, 2.75) is 44.3 Å². The number of H-pyrrole nitrogens is 1. The SMILES string of the molecule is NC1CCC(N(Cc2n[nH]c(=O)c3ccccc23)C(=O)c2ccccc2F)CC1. The highest BCUT2D eigenvalue weighted by Gasteiger charge is 2.30. The van der Waals surface area contributed by atoms with Crippen LogP contribution in [-0.2, 0) is 6.54 Å². The van der Waals surface area contributed by atoms with Crippen LogP contribution in [0.4, 0.5) is 4.39 Å². The molecule has 1 saturated carbocycles. The van der Waals surface area contributed by atoms with Gasteiger partial charge >= 0.3 is 0 Å². The number of nitrogens with zero attached hydrogens (tertiary/aromatic N) is 2. The average molecular weight is 394 g/mol. The van der Waals surface area contributed by atoms with E-state index >= 15 is 0 Å². The predicted molar refractivity (Wildman–Crippen MR) is 109 cm³/mol. The maximum absolute atomic E-state index is 14.3. The molecule has 0 spiro atoms. The van der Waals surface area contributed by atoms with Gasteiger partial charge in [-0.1, -0.05) is 30.3 Å². The van der Waals surface area contributed by atoms with E-state index in [1.807, 2.05) is 12.1 Å². The maximum atomic E-state index is 14.3. The third-order valence-electron chi connectivity index (χ3n) is 5.64. The van der Waals surface area contributed by atoms with E-state index < -0.39 is 5.82 Å². The third-order valence-corrected chi connectivity index (χ3v) is 5.64. The lowest BCUT2D eigenvalue weighted by Crippen LogP contribution is -2.44. The number of benzene rings is 2. The molecule has 1 aromatic heterocycles. The number of rotatable bonds is 4. The molecule has 2 aromatic carbocycles. The molecular weight excluding hydrogens is 371 g/mol. The zero-order chi connectivity index (χ0) is 20.4. The summed E-state index contributed by atoms with van der Waals surface area (Å²) >= 11 is 0.